The molecule has 0 spiro atoms. The summed E-state index contributed by atoms with van der Waals surface area (Å²) in [6.45, 7) is 1.79. The number of hydrogen-bond acceptors (Lipinski definition) is 5. The quantitative estimate of drug-likeness (QED) is 0.686. The van der Waals surface area contributed by atoms with Crippen molar-refractivity contribution in [1.82, 2.24) is 14.8 Å². The predicted octanol–water partition coefficient (Wildman–Crippen LogP) is 1.54. The van der Waals surface area contributed by atoms with E-state index in [9.17, 15) is 17.6 Å². The van der Waals surface area contributed by atoms with E-state index in [4.69, 9.17) is 5.14 Å². The highest BCUT2D eigenvalue weighted by Crippen LogP contribution is 2.23. The van der Waals surface area contributed by atoms with Crippen molar-refractivity contribution in [3.8, 4) is 5.69 Å². The topological polar surface area (TPSA) is 120 Å². The van der Waals surface area contributed by atoms with Gasteiger partial charge < -0.3 is 5.32 Å². The SMILES string of the molecule is Cc1ncccc1CC(=O)Nc1ccc(-n2cc(F)cn2)c(S(N)(=O)=O)c1. The van der Waals surface area contributed by atoms with Crippen LogP contribution >= 0.6 is 0 Å². The highest BCUT2D eigenvalue weighted by Gasteiger charge is 2.18. The number of hydrogen-bond donors (Lipinski definition) is 2. The van der Waals surface area contributed by atoms with E-state index in [0.29, 0.717) is 0 Å². The second-order valence-corrected chi connectivity index (χ2v) is 7.33. The summed E-state index contributed by atoms with van der Waals surface area (Å²) in [5.74, 6) is -0.969. The fraction of sp³-hybridized carbons (Fsp3) is 0.118. The molecule has 0 aliphatic rings. The molecule has 2 aromatic heterocycles. The molecule has 0 aliphatic heterocycles. The molecule has 27 heavy (non-hydrogen) atoms. The number of anilines is 1. The van der Waals surface area contributed by atoms with E-state index in [0.717, 1.165) is 28.3 Å². The maximum atomic E-state index is 13.2. The number of benzene rings is 1. The molecule has 0 radical (unpaired) electrons. The number of sulfonamides is 1. The third-order valence-corrected chi connectivity index (χ3v) is 4.76. The number of halogens is 1. The summed E-state index contributed by atoms with van der Waals surface area (Å²) < 4.78 is 38.1. The Kier molecular flexibility index (Phi) is 5.02. The Balaban J connectivity index is 1.89. The lowest BCUT2D eigenvalue weighted by molar-refractivity contribution is -0.115. The van der Waals surface area contributed by atoms with Gasteiger partial charge in [0.05, 0.1) is 24.5 Å². The van der Waals surface area contributed by atoms with Crippen LogP contribution in [0.1, 0.15) is 11.3 Å². The molecule has 3 rings (SSSR count). The van der Waals surface area contributed by atoms with Crippen molar-refractivity contribution in [2.75, 3.05) is 5.32 Å². The Morgan fingerprint density at radius 1 is 1.33 bits per heavy atom. The van der Waals surface area contributed by atoms with Crippen LogP contribution in [0.15, 0.2) is 53.8 Å². The predicted molar refractivity (Wildman–Crippen MR) is 96.2 cm³/mol. The molecule has 1 aromatic carbocycles. The van der Waals surface area contributed by atoms with Gasteiger partial charge in [0, 0.05) is 17.6 Å². The lowest BCUT2D eigenvalue weighted by atomic mass is 10.1. The van der Waals surface area contributed by atoms with Gasteiger partial charge in [-0.25, -0.2) is 22.6 Å². The second kappa shape index (κ2) is 7.25. The number of carbonyl (C=O) groups excluding carboxylic acids is 1. The van der Waals surface area contributed by atoms with Crippen molar-refractivity contribution in [3.63, 3.8) is 0 Å². The van der Waals surface area contributed by atoms with Crippen molar-refractivity contribution in [1.29, 1.82) is 0 Å². The van der Waals surface area contributed by atoms with Crippen LogP contribution in [0.25, 0.3) is 5.69 Å². The zero-order valence-corrected chi connectivity index (χ0v) is 15.1. The Labute approximate surface area is 154 Å². The molecule has 8 nitrogen and oxygen atoms in total. The van der Waals surface area contributed by atoms with Gasteiger partial charge in [-0.05, 0) is 36.8 Å². The number of pyridine rings is 1. The summed E-state index contributed by atoms with van der Waals surface area (Å²) in [5, 5.41) is 11.6. The Hall–Kier alpha value is -3.11. The highest BCUT2D eigenvalue weighted by molar-refractivity contribution is 7.89. The number of aromatic nitrogens is 3. The van der Waals surface area contributed by atoms with E-state index < -0.39 is 15.8 Å². The maximum absolute atomic E-state index is 13.2. The second-order valence-electron chi connectivity index (χ2n) is 5.80. The molecule has 10 heteroatoms. The largest absolute Gasteiger partial charge is 0.326 e. The monoisotopic (exact) mass is 389 g/mol. The Morgan fingerprint density at radius 2 is 2.11 bits per heavy atom. The van der Waals surface area contributed by atoms with Gasteiger partial charge in [-0.15, -0.1) is 0 Å². The van der Waals surface area contributed by atoms with E-state index in [-0.39, 0.29) is 28.6 Å². The summed E-state index contributed by atoms with van der Waals surface area (Å²) in [6, 6.07) is 7.59. The average molecular weight is 389 g/mol. The lowest BCUT2D eigenvalue weighted by Gasteiger charge is -2.12. The summed E-state index contributed by atoms with van der Waals surface area (Å²) in [5.41, 5.74) is 1.80. The first-order chi connectivity index (χ1) is 12.7. The fourth-order valence-corrected chi connectivity index (χ4v) is 3.27. The van der Waals surface area contributed by atoms with Gasteiger partial charge in [-0.1, -0.05) is 6.07 Å². The van der Waals surface area contributed by atoms with Crippen LogP contribution in [0.3, 0.4) is 0 Å². The number of nitrogens with zero attached hydrogens (tertiary/aromatic N) is 3. The Bertz CT molecular complexity index is 1110. The molecule has 0 saturated heterocycles. The van der Waals surface area contributed by atoms with E-state index >= 15 is 0 Å². The molecule has 140 valence electrons. The first kappa shape index (κ1) is 18.7. The van der Waals surface area contributed by atoms with Gasteiger partial charge in [-0.3, -0.25) is 9.78 Å². The van der Waals surface area contributed by atoms with Crippen LogP contribution in [0.4, 0.5) is 10.1 Å². The highest BCUT2D eigenvalue weighted by atomic mass is 32.2. The van der Waals surface area contributed by atoms with E-state index in [1.54, 1.807) is 25.3 Å². The summed E-state index contributed by atoms with van der Waals surface area (Å²) in [7, 11) is -4.14. The zero-order valence-electron chi connectivity index (χ0n) is 14.3. The zero-order chi connectivity index (χ0) is 19.6. The number of rotatable bonds is 5. The van der Waals surface area contributed by atoms with Gasteiger partial charge in [0.25, 0.3) is 0 Å². The summed E-state index contributed by atoms with van der Waals surface area (Å²) in [4.78, 5) is 16.1. The number of nitrogens with one attached hydrogen (secondary N) is 1. The van der Waals surface area contributed by atoms with Gasteiger partial charge in [0.15, 0.2) is 5.82 Å². The maximum Gasteiger partial charge on any atom is 0.240 e. The minimum absolute atomic E-state index is 0.0718. The van der Waals surface area contributed by atoms with Crippen LogP contribution in [0, 0.1) is 12.7 Å². The summed E-state index contributed by atoms with van der Waals surface area (Å²) in [6.07, 6.45) is 3.68. The van der Waals surface area contributed by atoms with Crippen LogP contribution in [0.5, 0.6) is 0 Å². The molecule has 0 atom stereocenters. The van der Waals surface area contributed by atoms with Crippen LogP contribution in [-0.4, -0.2) is 29.1 Å². The van der Waals surface area contributed by atoms with Crippen molar-refractivity contribution in [2.24, 2.45) is 5.14 Å². The minimum atomic E-state index is -4.14. The first-order valence-electron chi connectivity index (χ1n) is 7.82. The molecule has 2 heterocycles. The number of nitrogens with two attached hydrogens (primary N) is 1. The van der Waals surface area contributed by atoms with E-state index in [1.807, 2.05) is 0 Å². The first-order valence-corrected chi connectivity index (χ1v) is 9.36. The molecule has 3 aromatic rings. The van der Waals surface area contributed by atoms with Gasteiger partial charge in [0.2, 0.25) is 15.9 Å². The molecule has 1 amide bonds. The molecular weight excluding hydrogens is 373 g/mol. The molecule has 0 saturated carbocycles. The Morgan fingerprint density at radius 3 is 2.74 bits per heavy atom. The number of primary sulfonamides is 1. The third-order valence-electron chi connectivity index (χ3n) is 3.82. The lowest BCUT2D eigenvalue weighted by Crippen LogP contribution is -2.18. The van der Waals surface area contributed by atoms with Crippen molar-refractivity contribution < 1.29 is 17.6 Å². The van der Waals surface area contributed by atoms with E-state index in [2.05, 4.69) is 15.4 Å². The van der Waals surface area contributed by atoms with Gasteiger partial charge in [-0.2, -0.15) is 5.10 Å². The molecule has 0 fully saturated rings. The fourth-order valence-electron chi connectivity index (χ4n) is 2.52. The van der Waals surface area contributed by atoms with Crippen molar-refractivity contribution >= 4 is 21.6 Å². The van der Waals surface area contributed by atoms with Crippen LogP contribution in [0.2, 0.25) is 0 Å². The average Bonchev–Trinajstić information content (AvgIpc) is 3.02. The number of amides is 1. The molecular formula is C17H16FN5O3S. The molecule has 0 aliphatic carbocycles. The molecule has 3 N–H and O–H groups in total. The van der Waals surface area contributed by atoms with Crippen molar-refractivity contribution in [2.45, 2.75) is 18.2 Å². The van der Waals surface area contributed by atoms with Crippen molar-refractivity contribution in [3.05, 3.63) is 66.0 Å². The number of aryl methyl sites for hydroxylation is 1. The van der Waals surface area contributed by atoms with Gasteiger partial charge >= 0.3 is 0 Å². The normalized spacial score (nSPS) is 11.4. The van der Waals surface area contributed by atoms with E-state index in [1.165, 1.54) is 18.2 Å². The molecule has 0 unspecified atom stereocenters. The number of carbonyl (C=O) groups is 1. The van der Waals surface area contributed by atoms with Crippen LogP contribution < -0.4 is 10.5 Å². The third kappa shape index (κ3) is 4.36. The molecule has 0 bridgehead atoms. The summed E-state index contributed by atoms with van der Waals surface area (Å²) >= 11 is 0. The smallest absolute Gasteiger partial charge is 0.240 e. The minimum Gasteiger partial charge on any atom is -0.326 e. The van der Waals surface area contributed by atoms with Crippen LogP contribution in [-0.2, 0) is 21.2 Å². The standard InChI is InChI=1S/C17H16FN5O3S/c1-11-12(3-2-6-20-11)7-17(24)22-14-4-5-15(16(8-14)27(19,25)26)23-10-13(18)9-21-23/h2-6,8-10H,7H2,1H3,(H,22,24)(H2,19,25,26). The van der Waals surface area contributed by atoms with Gasteiger partial charge in [0.1, 0.15) is 4.90 Å².